The minimum absolute atomic E-state index is 0.0456. The summed E-state index contributed by atoms with van der Waals surface area (Å²) in [6, 6.07) is 15.5. The Balaban J connectivity index is 1.32. The highest BCUT2D eigenvalue weighted by atomic mass is 16.5. The van der Waals surface area contributed by atoms with Gasteiger partial charge < -0.3 is 10.1 Å². The van der Waals surface area contributed by atoms with Crippen molar-refractivity contribution in [2.24, 2.45) is 23.7 Å². The van der Waals surface area contributed by atoms with Crippen molar-refractivity contribution >= 4 is 29.4 Å². The third-order valence-corrected chi connectivity index (χ3v) is 7.38. The van der Waals surface area contributed by atoms with Crippen LogP contribution in [0.2, 0.25) is 0 Å². The van der Waals surface area contributed by atoms with Gasteiger partial charge >= 0.3 is 5.97 Å². The number of benzene rings is 2. The number of anilines is 1. The third-order valence-electron chi connectivity index (χ3n) is 7.38. The van der Waals surface area contributed by atoms with E-state index in [1.807, 2.05) is 67.6 Å². The van der Waals surface area contributed by atoms with Crippen molar-refractivity contribution < 1.29 is 23.9 Å². The van der Waals surface area contributed by atoms with E-state index in [9.17, 15) is 19.2 Å². The molecule has 180 valence electrons. The highest BCUT2D eigenvalue weighted by molar-refractivity contribution is 6.09. The van der Waals surface area contributed by atoms with E-state index in [1.54, 1.807) is 6.07 Å². The average molecular weight is 473 g/mol. The first-order chi connectivity index (χ1) is 17.0. The van der Waals surface area contributed by atoms with E-state index >= 15 is 0 Å². The lowest BCUT2D eigenvalue weighted by atomic mass is 9.85. The minimum atomic E-state index is -1.11. The number of fused-ring (bicyclic) bond motifs is 5. The van der Waals surface area contributed by atoms with Gasteiger partial charge in [-0.25, -0.2) is 4.79 Å². The molecule has 5 rings (SSSR count). The van der Waals surface area contributed by atoms with E-state index in [4.69, 9.17) is 4.74 Å². The van der Waals surface area contributed by atoms with Gasteiger partial charge in [0.2, 0.25) is 11.8 Å². The Kier molecular flexibility index (Phi) is 6.24. The molecule has 1 aliphatic heterocycles. The Morgan fingerprint density at radius 2 is 1.60 bits per heavy atom. The molecule has 2 fully saturated rings. The molecule has 2 aromatic rings. The third kappa shape index (κ3) is 4.27. The van der Waals surface area contributed by atoms with E-state index < -0.39 is 36.4 Å². The molecule has 1 heterocycles. The number of nitrogens with zero attached hydrogens (tertiary/aromatic N) is 1. The molecule has 3 aliphatic rings. The first-order valence-electron chi connectivity index (χ1n) is 12.1. The predicted octanol–water partition coefficient (Wildman–Crippen LogP) is 3.15. The SMILES string of the molecule is CCc1ccccc1NC(=O)COC(=O)[C@H](Cc1ccccc1)N1C(=O)[C@H]2[C@H](C1=O)[C@H]1C=C[C@H]2C1. The van der Waals surface area contributed by atoms with Crippen molar-refractivity contribution in [3.8, 4) is 0 Å². The topological polar surface area (TPSA) is 92.8 Å². The summed E-state index contributed by atoms with van der Waals surface area (Å²) < 4.78 is 5.37. The number of esters is 1. The molecular weight excluding hydrogens is 444 g/mol. The van der Waals surface area contributed by atoms with Crippen molar-refractivity contribution in [3.63, 3.8) is 0 Å². The molecule has 1 saturated carbocycles. The van der Waals surface area contributed by atoms with Gasteiger partial charge in [0.05, 0.1) is 11.8 Å². The largest absolute Gasteiger partial charge is 0.454 e. The fourth-order valence-electron chi connectivity index (χ4n) is 5.72. The maximum atomic E-state index is 13.4. The smallest absolute Gasteiger partial charge is 0.330 e. The Labute approximate surface area is 204 Å². The quantitative estimate of drug-likeness (QED) is 0.362. The van der Waals surface area contributed by atoms with E-state index in [1.165, 1.54) is 0 Å². The van der Waals surface area contributed by atoms with Gasteiger partial charge in [0.15, 0.2) is 6.61 Å². The fraction of sp³-hybridized carbons (Fsp3) is 0.357. The summed E-state index contributed by atoms with van der Waals surface area (Å²) in [6.45, 7) is 1.48. The van der Waals surface area contributed by atoms with Crippen molar-refractivity contribution in [2.45, 2.75) is 32.2 Å². The Hall–Kier alpha value is -3.74. The monoisotopic (exact) mass is 472 g/mol. The number of carbonyl (C=O) groups excluding carboxylic acids is 4. The molecule has 0 spiro atoms. The van der Waals surface area contributed by atoms with Crippen LogP contribution in [0.4, 0.5) is 5.69 Å². The van der Waals surface area contributed by atoms with E-state index in [0.29, 0.717) is 5.69 Å². The molecule has 5 atom stereocenters. The van der Waals surface area contributed by atoms with Gasteiger partial charge in [-0.3, -0.25) is 19.3 Å². The molecule has 1 N–H and O–H groups in total. The zero-order valence-corrected chi connectivity index (χ0v) is 19.6. The lowest BCUT2D eigenvalue weighted by molar-refractivity contribution is -0.160. The summed E-state index contributed by atoms with van der Waals surface area (Å²) in [6.07, 6.45) is 5.73. The van der Waals surface area contributed by atoms with E-state index in [-0.39, 0.29) is 30.1 Å². The molecule has 7 nitrogen and oxygen atoms in total. The standard InChI is InChI=1S/C28H28N2O5/c1-2-18-10-6-7-11-21(18)29-23(31)16-35-28(34)22(14-17-8-4-3-5-9-17)30-26(32)24-19-12-13-20(15-19)25(24)27(30)33/h3-13,19-20,22,24-25H,2,14-16H2,1H3,(H,29,31)/t19-,20-,22-,24+,25+/m0/s1. The molecule has 0 unspecified atom stereocenters. The first-order valence-corrected chi connectivity index (χ1v) is 12.1. The molecule has 2 aliphatic carbocycles. The van der Waals surface area contributed by atoms with Crippen LogP contribution < -0.4 is 5.32 Å². The number of para-hydroxylation sites is 1. The summed E-state index contributed by atoms with van der Waals surface area (Å²) in [4.78, 5) is 53.6. The van der Waals surface area contributed by atoms with Gasteiger partial charge in [0, 0.05) is 12.1 Å². The summed E-state index contributed by atoms with van der Waals surface area (Å²) in [5.74, 6) is -2.57. The van der Waals surface area contributed by atoms with Crippen LogP contribution in [0.15, 0.2) is 66.7 Å². The maximum absolute atomic E-state index is 13.4. The average Bonchev–Trinajstić information content (AvgIpc) is 3.56. The van der Waals surface area contributed by atoms with Gasteiger partial charge in [0.1, 0.15) is 6.04 Å². The Bertz CT molecular complexity index is 1160. The molecule has 2 aromatic carbocycles. The number of nitrogens with one attached hydrogen (secondary N) is 1. The minimum Gasteiger partial charge on any atom is -0.454 e. The van der Waals surface area contributed by atoms with Crippen molar-refractivity contribution in [3.05, 3.63) is 77.9 Å². The molecular formula is C28H28N2O5. The van der Waals surface area contributed by atoms with Crippen LogP contribution in [0, 0.1) is 23.7 Å². The van der Waals surface area contributed by atoms with Crippen molar-refractivity contribution in [1.29, 1.82) is 0 Å². The zero-order chi connectivity index (χ0) is 24.5. The zero-order valence-electron chi connectivity index (χ0n) is 19.6. The number of rotatable bonds is 8. The lowest BCUT2D eigenvalue weighted by Crippen LogP contribution is -2.48. The fourth-order valence-corrected chi connectivity index (χ4v) is 5.72. The predicted molar refractivity (Wildman–Crippen MR) is 129 cm³/mol. The van der Waals surface area contributed by atoms with Gasteiger partial charge in [0.25, 0.3) is 5.91 Å². The van der Waals surface area contributed by atoms with Crippen LogP contribution >= 0.6 is 0 Å². The number of hydrogen-bond acceptors (Lipinski definition) is 5. The summed E-state index contributed by atoms with van der Waals surface area (Å²) >= 11 is 0. The number of carbonyl (C=O) groups is 4. The van der Waals surface area contributed by atoms with Crippen LogP contribution in [0.25, 0.3) is 0 Å². The number of aryl methyl sites for hydroxylation is 1. The number of imide groups is 1. The molecule has 2 bridgehead atoms. The van der Waals surface area contributed by atoms with E-state index in [2.05, 4.69) is 5.32 Å². The number of likely N-dealkylation sites (tertiary alicyclic amines) is 1. The maximum Gasteiger partial charge on any atom is 0.330 e. The normalized spacial score (nSPS) is 25.0. The summed E-state index contributed by atoms with van der Waals surface area (Å²) in [5.41, 5.74) is 2.43. The molecule has 0 aromatic heterocycles. The number of hydrogen-bond donors (Lipinski definition) is 1. The molecule has 35 heavy (non-hydrogen) atoms. The van der Waals surface area contributed by atoms with Crippen molar-refractivity contribution in [2.75, 3.05) is 11.9 Å². The molecule has 7 heteroatoms. The van der Waals surface area contributed by atoms with Gasteiger partial charge in [-0.15, -0.1) is 0 Å². The van der Waals surface area contributed by atoms with Gasteiger partial charge in [-0.1, -0.05) is 67.6 Å². The molecule has 0 radical (unpaired) electrons. The number of ether oxygens (including phenoxy) is 1. The first kappa shape index (κ1) is 23.0. The van der Waals surface area contributed by atoms with Crippen LogP contribution in [0.1, 0.15) is 24.5 Å². The second kappa shape index (κ2) is 9.49. The van der Waals surface area contributed by atoms with Crippen LogP contribution in [-0.2, 0) is 36.8 Å². The highest BCUT2D eigenvalue weighted by Crippen LogP contribution is 2.53. The highest BCUT2D eigenvalue weighted by Gasteiger charge is 2.61. The molecule has 1 saturated heterocycles. The van der Waals surface area contributed by atoms with Crippen LogP contribution in [0.5, 0.6) is 0 Å². The van der Waals surface area contributed by atoms with Gasteiger partial charge in [-0.2, -0.15) is 0 Å². The Morgan fingerprint density at radius 3 is 2.26 bits per heavy atom. The van der Waals surface area contributed by atoms with Crippen molar-refractivity contribution in [1.82, 2.24) is 4.90 Å². The Morgan fingerprint density at radius 1 is 0.971 bits per heavy atom. The van der Waals surface area contributed by atoms with Gasteiger partial charge in [-0.05, 0) is 41.9 Å². The number of amides is 3. The summed E-state index contributed by atoms with van der Waals surface area (Å²) in [5, 5.41) is 2.77. The molecule has 3 amide bonds. The summed E-state index contributed by atoms with van der Waals surface area (Å²) in [7, 11) is 0. The van der Waals surface area contributed by atoms with Crippen LogP contribution in [-0.4, -0.2) is 41.2 Å². The second-order valence-corrected chi connectivity index (χ2v) is 9.42. The lowest BCUT2D eigenvalue weighted by Gasteiger charge is -2.26. The number of allylic oxidation sites excluding steroid dienone is 2. The second-order valence-electron chi connectivity index (χ2n) is 9.42. The van der Waals surface area contributed by atoms with E-state index in [0.717, 1.165) is 28.9 Å². The van der Waals surface area contributed by atoms with Crippen LogP contribution in [0.3, 0.4) is 0 Å².